The summed E-state index contributed by atoms with van der Waals surface area (Å²) in [7, 11) is 1.21. The molecule has 9 nitrogen and oxygen atoms in total. The van der Waals surface area contributed by atoms with Gasteiger partial charge in [-0.15, -0.1) is 0 Å². The van der Waals surface area contributed by atoms with Crippen molar-refractivity contribution in [3.8, 4) is 5.75 Å². The van der Waals surface area contributed by atoms with Gasteiger partial charge in [-0.25, -0.2) is 14.6 Å². The number of hydrogen-bond acceptors (Lipinski definition) is 8. The fraction of sp³-hybridized carbons (Fsp3) is 0.143. The number of nitrogens with zero attached hydrogens (tertiary/aromatic N) is 3. The van der Waals surface area contributed by atoms with Crippen LogP contribution in [-0.2, 0) is 14.3 Å². The van der Waals surface area contributed by atoms with Crippen molar-refractivity contribution in [1.82, 2.24) is 5.06 Å². The Kier molecular flexibility index (Phi) is 4.53. The number of nitro groups is 1. The molecular formula is C14H11N3O6. The summed E-state index contributed by atoms with van der Waals surface area (Å²) in [5.74, 6) is 0.949. The molecule has 2 rings (SSSR count). The molecule has 23 heavy (non-hydrogen) atoms. The van der Waals surface area contributed by atoms with E-state index in [-0.39, 0.29) is 28.5 Å². The molecule has 1 aromatic rings. The van der Waals surface area contributed by atoms with Gasteiger partial charge in [-0.2, -0.15) is 5.06 Å². The number of non-ortho nitro benzene ring substituents is 1. The van der Waals surface area contributed by atoms with E-state index in [2.05, 4.69) is 9.73 Å². The highest BCUT2D eigenvalue weighted by atomic mass is 16.7. The quantitative estimate of drug-likeness (QED) is 0.357. The molecular weight excluding hydrogens is 306 g/mol. The Hall–Kier alpha value is -3.45. The highest BCUT2D eigenvalue weighted by molar-refractivity contribution is 6.19. The van der Waals surface area contributed by atoms with Crippen LogP contribution in [0.25, 0.3) is 0 Å². The van der Waals surface area contributed by atoms with Gasteiger partial charge in [0.05, 0.1) is 23.9 Å². The molecule has 0 fully saturated rings. The summed E-state index contributed by atoms with van der Waals surface area (Å²) in [6, 6.07) is 5.17. The van der Waals surface area contributed by atoms with Gasteiger partial charge in [-0.05, 0) is 19.1 Å². The lowest BCUT2D eigenvalue weighted by atomic mass is 10.2. The van der Waals surface area contributed by atoms with Crippen LogP contribution in [0.2, 0.25) is 0 Å². The fourth-order valence-corrected chi connectivity index (χ4v) is 1.73. The average molecular weight is 317 g/mol. The van der Waals surface area contributed by atoms with Gasteiger partial charge in [0.2, 0.25) is 0 Å². The zero-order chi connectivity index (χ0) is 17.0. The highest BCUT2D eigenvalue weighted by Gasteiger charge is 2.24. The third kappa shape index (κ3) is 3.42. The molecule has 0 saturated heterocycles. The lowest BCUT2D eigenvalue weighted by molar-refractivity contribution is -0.384. The molecule has 1 aliphatic heterocycles. The maximum absolute atomic E-state index is 11.7. The van der Waals surface area contributed by atoms with Gasteiger partial charge < -0.3 is 9.57 Å². The highest BCUT2D eigenvalue weighted by Crippen LogP contribution is 2.22. The van der Waals surface area contributed by atoms with Gasteiger partial charge in [0.15, 0.2) is 11.7 Å². The molecule has 0 bridgehead atoms. The predicted octanol–water partition coefficient (Wildman–Crippen LogP) is 1.40. The number of hydroxylamine groups is 2. The van der Waals surface area contributed by atoms with Crippen LogP contribution in [-0.4, -0.2) is 34.7 Å². The van der Waals surface area contributed by atoms with Crippen molar-refractivity contribution in [1.29, 1.82) is 0 Å². The van der Waals surface area contributed by atoms with Crippen LogP contribution in [0.1, 0.15) is 6.92 Å². The predicted molar refractivity (Wildman–Crippen MR) is 78.0 cm³/mol. The van der Waals surface area contributed by atoms with Gasteiger partial charge in [0.1, 0.15) is 5.57 Å². The van der Waals surface area contributed by atoms with E-state index in [1.54, 1.807) is 5.94 Å². The Labute approximate surface area is 130 Å². The number of nitro benzene ring substituents is 1. The van der Waals surface area contributed by atoms with Crippen LogP contribution in [0.3, 0.4) is 0 Å². The number of esters is 1. The van der Waals surface area contributed by atoms with Crippen molar-refractivity contribution in [3.05, 3.63) is 52.0 Å². The summed E-state index contributed by atoms with van der Waals surface area (Å²) in [4.78, 5) is 42.0. The number of carbonyl (C=O) groups is 1. The number of hydrogen-bond donors (Lipinski definition) is 0. The van der Waals surface area contributed by atoms with Crippen LogP contribution in [0.15, 0.2) is 46.9 Å². The van der Waals surface area contributed by atoms with Crippen molar-refractivity contribution >= 4 is 23.3 Å². The normalized spacial score (nSPS) is 13.7. The summed E-state index contributed by atoms with van der Waals surface area (Å²) >= 11 is 0. The smallest absolute Gasteiger partial charge is 0.341 e. The Morgan fingerprint density at radius 3 is 2.52 bits per heavy atom. The maximum Gasteiger partial charge on any atom is 0.341 e. The lowest BCUT2D eigenvalue weighted by Gasteiger charge is -2.23. The van der Waals surface area contributed by atoms with Gasteiger partial charge >= 0.3 is 5.97 Å². The van der Waals surface area contributed by atoms with Crippen LogP contribution >= 0.6 is 0 Å². The standard InChI is InChI=1S/C14H11N3O6/c1-9-12(14(19)22-2)7-16(13(8-18)15-9)23-11-5-3-10(4-6-11)17(20)21/h3-7H,1-2H3. The summed E-state index contributed by atoms with van der Waals surface area (Å²) in [5.41, 5.74) is 0.272. The Morgan fingerprint density at radius 1 is 1.35 bits per heavy atom. The number of aliphatic imine (C=N–C) groups is 1. The summed E-state index contributed by atoms with van der Waals surface area (Å²) < 4.78 is 4.62. The van der Waals surface area contributed by atoms with E-state index >= 15 is 0 Å². The minimum Gasteiger partial charge on any atom is -0.465 e. The number of carbonyl (C=O) groups excluding carboxylic acids is 2. The SMILES string of the molecule is COC(=O)C1=CN(Oc2ccc([N+](=O)[O-])cc2)C(=C=O)N=C1C. The zero-order valence-corrected chi connectivity index (χ0v) is 12.2. The third-order valence-corrected chi connectivity index (χ3v) is 2.87. The molecule has 118 valence electrons. The van der Waals surface area contributed by atoms with E-state index in [4.69, 9.17) is 4.84 Å². The number of benzene rings is 1. The van der Waals surface area contributed by atoms with E-state index in [0.717, 1.165) is 5.06 Å². The molecule has 0 radical (unpaired) electrons. The van der Waals surface area contributed by atoms with E-state index < -0.39 is 10.9 Å². The minimum absolute atomic E-state index is 0.105. The van der Waals surface area contributed by atoms with Crippen LogP contribution in [0.5, 0.6) is 5.75 Å². The van der Waals surface area contributed by atoms with Crippen molar-refractivity contribution in [2.24, 2.45) is 4.99 Å². The number of methoxy groups -OCH3 is 1. The molecule has 9 heteroatoms. The van der Waals surface area contributed by atoms with Crippen molar-refractivity contribution in [2.75, 3.05) is 7.11 Å². The van der Waals surface area contributed by atoms with Gasteiger partial charge in [-0.3, -0.25) is 10.1 Å². The average Bonchev–Trinajstić information content (AvgIpc) is 2.55. The second kappa shape index (κ2) is 6.54. The minimum atomic E-state index is -0.645. The Morgan fingerprint density at radius 2 is 2.00 bits per heavy atom. The molecule has 0 N–H and O–H groups in total. The molecule has 0 atom stereocenters. The Balaban J connectivity index is 2.29. The molecule has 0 amide bonds. The van der Waals surface area contributed by atoms with E-state index in [0.29, 0.717) is 0 Å². The fourth-order valence-electron chi connectivity index (χ4n) is 1.73. The number of ether oxygens (including phenoxy) is 1. The van der Waals surface area contributed by atoms with Crippen molar-refractivity contribution in [3.63, 3.8) is 0 Å². The van der Waals surface area contributed by atoms with E-state index in [1.165, 1.54) is 44.5 Å². The first-order chi connectivity index (χ1) is 11.0. The lowest BCUT2D eigenvalue weighted by Crippen LogP contribution is -2.28. The Bertz CT molecular complexity index is 759. The van der Waals surface area contributed by atoms with Gasteiger partial charge in [0, 0.05) is 12.1 Å². The van der Waals surface area contributed by atoms with Crippen molar-refractivity contribution in [2.45, 2.75) is 6.92 Å². The molecule has 0 saturated carbocycles. The zero-order valence-electron chi connectivity index (χ0n) is 12.2. The summed E-state index contributed by atoms with van der Waals surface area (Å²) in [6.45, 7) is 1.53. The molecule has 0 aromatic heterocycles. The molecule has 0 aliphatic carbocycles. The van der Waals surface area contributed by atoms with E-state index in [1.807, 2.05) is 0 Å². The summed E-state index contributed by atoms with van der Waals surface area (Å²) in [6.07, 6.45) is 1.23. The van der Waals surface area contributed by atoms with Gasteiger partial charge in [-0.1, -0.05) is 0 Å². The van der Waals surface area contributed by atoms with Crippen molar-refractivity contribution < 1.29 is 24.1 Å². The molecule has 0 spiro atoms. The first-order valence-corrected chi connectivity index (χ1v) is 6.29. The monoisotopic (exact) mass is 317 g/mol. The van der Waals surface area contributed by atoms with E-state index in [9.17, 15) is 19.7 Å². The molecule has 1 aromatic carbocycles. The first kappa shape index (κ1) is 15.9. The number of rotatable bonds is 4. The topological polar surface area (TPSA) is 111 Å². The second-order valence-electron chi connectivity index (χ2n) is 4.33. The summed E-state index contributed by atoms with van der Waals surface area (Å²) in [5, 5.41) is 11.5. The first-order valence-electron chi connectivity index (χ1n) is 6.29. The van der Waals surface area contributed by atoms with Crippen LogP contribution < -0.4 is 4.84 Å². The van der Waals surface area contributed by atoms with Crippen LogP contribution in [0, 0.1) is 10.1 Å². The maximum atomic E-state index is 11.7. The largest absolute Gasteiger partial charge is 0.465 e. The van der Waals surface area contributed by atoms with Crippen LogP contribution in [0.4, 0.5) is 5.69 Å². The van der Waals surface area contributed by atoms with Gasteiger partial charge in [0.25, 0.3) is 11.5 Å². The molecule has 0 unspecified atom stereocenters. The third-order valence-electron chi connectivity index (χ3n) is 2.87. The molecule has 1 heterocycles. The molecule has 1 aliphatic rings. The second-order valence-corrected chi connectivity index (χ2v) is 4.33.